The second-order valence-corrected chi connectivity index (χ2v) is 5.76. The molecule has 1 N–H and O–H groups in total. The first-order chi connectivity index (χ1) is 10.1. The Morgan fingerprint density at radius 1 is 1.29 bits per heavy atom. The molecular formula is C15H18N2O3S. The van der Waals surface area contributed by atoms with E-state index in [4.69, 9.17) is 4.74 Å². The maximum atomic E-state index is 10.7. The Balaban J connectivity index is 1.99. The largest absolute Gasteiger partial charge is 0.497 e. The summed E-state index contributed by atoms with van der Waals surface area (Å²) in [7, 11) is 1.65. The van der Waals surface area contributed by atoms with Gasteiger partial charge in [0.15, 0.2) is 0 Å². The predicted octanol–water partition coefficient (Wildman–Crippen LogP) is 3.91. The van der Waals surface area contributed by atoms with Gasteiger partial charge in [-0.15, -0.1) is 0 Å². The maximum absolute atomic E-state index is 10.7. The van der Waals surface area contributed by atoms with Gasteiger partial charge in [-0.05, 0) is 30.2 Å². The monoisotopic (exact) mass is 306 g/mol. The van der Waals surface area contributed by atoms with E-state index in [9.17, 15) is 10.1 Å². The van der Waals surface area contributed by atoms with Gasteiger partial charge in [0, 0.05) is 23.5 Å². The molecular weight excluding hydrogens is 288 g/mol. The Labute approximate surface area is 127 Å². The lowest BCUT2D eigenvalue weighted by Crippen LogP contribution is -2.19. The van der Waals surface area contributed by atoms with Crippen molar-refractivity contribution in [1.82, 2.24) is 5.32 Å². The molecule has 5 nitrogen and oxygen atoms in total. The first-order valence-electron chi connectivity index (χ1n) is 6.74. The number of nitrogens with zero attached hydrogens (tertiary/aromatic N) is 1. The normalized spacial score (nSPS) is 12.1. The van der Waals surface area contributed by atoms with Gasteiger partial charge in [-0.1, -0.05) is 30.4 Å². The minimum atomic E-state index is -0.352. The molecule has 2 rings (SSSR count). The standard InChI is InChI=1S/C15H18N2O3S/c1-3-14(11-4-6-12(20-2)7-5-11)16-10-13-8-9-15(21-13)17(18)19/h4-9,14,16H,3,10H2,1-2H3. The van der Waals surface area contributed by atoms with Gasteiger partial charge < -0.3 is 10.1 Å². The Bertz CT molecular complexity index is 595. The number of hydrogen-bond acceptors (Lipinski definition) is 5. The van der Waals surface area contributed by atoms with E-state index in [0.29, 0.717) is 6.54 Å². The molecule has 6 heteroatoms. The molecule has 0 radical (unpaired) electrons. The Hall–Kier alpha value is -1.92. The van der Waals surface area contributed by atoms with Crippen molar-refractivity contribution in [2.24, 2.45) is 0 Å². The van der Waals surface area contributed by atoms with Crippen LogP contribution in [-0.2, 0) is 6.54 Å². The fourth-order valence-electron chi connectivity index (χ4n) is 2.12. The number of benzene rings is 1. The van der Waals surface area contributed by atoms with Crippen LogP contribution in [0, 0.1) is 10.1 Å². The Morgan fingerprint density at radius 3 is 2.52 bits per heavy atom. The highest BCUT2D eigenvalue weighted by molar-refractivity contribution is 7.15. The van der Waals surface area contributed by atoms with Crippen molar-refractivity contribution in [3.05, 3.63) is 57.0 Å². The van der Waals surface area contributed by atoms with Crippen LogP contribution < -0.4 is 10.1 Å². The second kappa shape index (κ2) is 7.19. The molecule has 0 saturated carbocycles. The summed E-state index contributed by atoms with van der Waals surface area (Å²) in [6, 6.07) is 11.5. The molecule has 1 heterocycles. The number of methoxy groups -OCH3 is 1. The quantitative estimate of drug-likeness (QED) is 0.622. The van der Waals surface area contributed by atoms with Gasteiger partial charge in [0.1, 0.15) is 5.75 Å². The summed E-state index contributed by atoms with van der Waals surface area (Å²) < 4.78 is 5.15. The third-order valence-corrected chi connectivity index (χ3v) is 4.31. The lowest BCUT2D eigenvalue weighted by molar-refractivity contribution is -0.380. The van der Waals surface area contributed by atoms with Crippen LogP contribution >= 0.6 is 11.3 Å². The van der Waals surface area contributed by atoms with E-state index in [2.05, 4.69) is 12.2 Å². The van der Waals surface area contributed by atoms with Crippen molar-refractivity contribution < 1.29 is 9.66 Å². The fourth-order valence-corrected chi connectivity index (χ4v) is 2.89. The van der Waals surface area contributed by atoms with E-state index in [1.54, 1.807) is 19.2 Å². The molecule has 0 aliphatic carbocycles. The predicted molar refractivity (Wildman–Crippen MR) is 83.8 cm³/mol. The molecule has 1 atom stereocenters. The average molecular weight is 306 g/mol. The van der Waals surface area contributed by atoms with Crippen LogP contribution in [0.25, 0.3) is 0 Å². The van der Waals surface area contributed by atoms with Crippen molar-refractivity contribution in [2.75, 3.05) is 7.11 Å². The van der Waals surface area contributed by atoms with E-state index in [-0.39, 0.29) is 16.0 Å². The number of rotatable bonds is 7. The number of thiophene rings is 1. The van der Waals surface area contributed by atoms with E-state index in [1.165, 1.54) is 16.9 Å². The average Bonchev–Trinajstić information content (AvgIpc) is 2.98. The first kappa shape index (κ1) is 15.5. The molecule has 0 aliphatic heterocycles. The maximum Gasteiger partial charge on any atom is 0.324 e. The van der Waals surface area contributed by atoms with Gasteiger partial charge >= 0.3 is 5.00 Å². The van der Waals surface area contributed by atoms with Gasteiger partial charge in [0.25, 0.3) is 0 Å². The van der Waals surface area contributed by atoms with Gasteiger partial charge in [-0.3, -0.25) is 10.1 Å². The summed E-state index contributed by atoms with van der Waals surface area (Å²) in [4.78, 5) is 11.3. The molecule has 0 fully saturated rings. The molecule has 112 valence electrons. The number of hydrogen-bond donors (Lipinski definition) is 1. The van der Waals surface area contributed by atoms with Crippen molar-refractivity contribution in [1.29, 1.82) is 0 Å². The molecule has 0 saturated heterocycles. The number of nitro groups is 1. The number of nitrogens with one attached hydrogen (secondary N) is 1. The highest BCUT2D eigenvalue weighted by Gasteiger charge is 2.12. The first-order valence-corrected chi connectivity index (χ1v) is 7.56. The molecule has 0 amide bonds. The Kier molecular flexibility index (Phi) is 5.30. The van der Waals surface area contributed by atoms with Crippen LogP contribution in [0.2, 0.25) is 0 Å². The SMILES string of the molecule is CCC(NCc1ccc([N+](=O)[O-])s1)c1ccc(OC)cc1. The molecule has 1 unspecified atom stereocenters. The van der Waals surface area contributed by atoms with Crippen molar-refractivity contribution in [3.63, 3.8) is 0 Å². The summed E-state index contributed by atoms with van der Waals surface area (Å²) >= 11 is 1.21. The Morgan fingerprint density at radius 2 is 2.00 bits per heavy atom. The molecule has 1 aromatic heterocycles. The lowest BCUT2D eigenvalue weighted by Gasteiger charge is -2.17. The fraction of sp³-hybridized carbons (Fsp3) is 0.333. The minimum absolute atomic E-state index is 0.185. The summed E-state index contributed by atoms with van der Waals surface area (Å²) in [5.41, 5.74) is 1.18. The van der Waals surface area contributed by atoms with Gasteiger partial charge in [-0.2, -0.15) is 0 Å². The number of ether oxygens (including phenoxy) is 1. The summed E-state index contributed by atoms with van der Waals surface area (Å²) in [6.45, 7) is 2.74. The summed E-state index contributed by atoms with van der Waals surface area (Å²) in [6.07, 6.45) is 0.944. The summed E-state index contributed by atoms with van der Waals surface area (Å²) in [5, 5.41) is 14.3. The van der Waals surface area contributed by atoms with E-state index < -0.39 is 0 Å². The lowest BCUT2D eigenvalue weighted by atomic mass is 10.0. The minimum Gasteiger partial charge on any atom is -0.497 e. The van der Waals surface area contributed by atoms with Crippen molar-refractivity contribution in [3.8, 4) is 5.75 Å². The molecule has 0 bridgehead atoms. The van der Waals surface area contributed by atoms with Crippen LogP contribution in [0.4, 0.5) is 5.00 Å². The van der Waals surface area contributed by atoms with Crippen molar-refractivity contribution >= 4 is 16.3 Å². The van der Waals surface area contributed by atoms with Crippen LogP contribution in [0.1, 0.15) is 29.8 Å². The zero-order valence-corrected chi connectivity index (χ0v) is 12.9. The molecule has 21 heavy (non-hydrogen) atoms. The summed E-state index contributed by atoms with van der Waals surface area (Å²) in [5.74, 6) is 0.836. The van der Waals surface area contributed by atoms with Crippen molar-refractivity contribution in [2.45, 2.75) is 25.9 Å². The molecule has 1 aromatic carbocycles. The molecule has 2 aromatic rings. The smallest absolute Gasteiger partial charge is 0.324 e. The van der Waals surface area contributed by atoms with E-state index >= 15 is 0 Å². The van der Waals surface area contributed by atoms with Gasteiger partial charge in [0.05, 0.1) is 12.0 Å². The second-order valence-electron chi connectivity index (χ2n) is 4.61. The van der Waals surface area contributed by atoms with Crippen LogP contribution in [0.5, 0.6) is 5.75 Å². The molecule has 0 spiro atoms. The zero-order chi connectivity index (χ0) is 15.2. The third kappa shape index (κ3) is 4.03. The van der Waals surface area contributed by atoms with E-state index in [1.807, 2.05) is 24.3 Å². The van der Waals surface area contributed by atoms with Gasteiger partial charge in [0.2, 0.25) is 0 Å². The molecule has 0 aliphatic rings. The van der Waals surface area contributed by atoms with Crippen LogP contribution in [0.15, 0.2) is 36.4 Å². The van der Waals surface area contributed by atoms with E-state index in [0.717, 1.165) is 17.0 Å². The van der Waals surface area contributed by atoms with Crippen LogP contribution in [0.3, 0.4) is 0 Å². The highest BCUT2D eigenvalue weighted by Crippen LogP contribution is 2.25. The van der Waals surface area contributed by atoms with Gasteiger partial charge in [-0.25, -0.2) is 0 Å². The van der Waals surface area contributed by atoms with Crippen LogP contribution in [-0.4, -0.2) is 12.0 Å². The highest BCUT2D eigenvalue weighted by atomic mass is 32.1. The zero-order valence-electron chi connectivity index (χ0n) is 12.0. The topological polar surface area (TPSA) is 64.4 Å². The third-order valence-electron chi connectivity index (χ3n) is 3.28.